The van der Waals surface area contributed by atoms with Gasteiger partial charge in [-0.15, -0.1) is 0 Å². The molecule has 0 radical (unpaired) electrons. The molecule has 0 spiro atoms. The van der Waals surface area contributed by atoms with E-state index in [1.807, 2.05) is 78.9 Å². The zero-order chi connectivity index (χ0) is 36.5. The fraction of sp³-hybridized carbons (Fsp3) is 0.512. The molecule has 1 heterocycles. The van der Waals surface area contributed by atoms with E-state index in [-0.39, 0.29) is 12.3 Å². The molecule has 1 aliphatic heterocycles. The Morgan fingerprint density at radius 1 is 0.922 bits per heavy atom. The summed E-state index contributed by atoms with van der Waals surface area (Å²) in [6.07, 6.45) is -1.27. The number of ether oxygens (including phenoxy) is 3. The van der Waals surface area contributed by atoms with Gasteiger partial charge in [0.25, 0.3) is 0 Å². The lowest BCUT2D eigenvalue weighted by atomic mass is 9.88. The SMILES string of the molecule is CC1COCC(C)N1CCOc1ccc(CC(CC(O)C(Cc2ccccc2)NC(=O)OC(C)(C)C)C(=O)N[C@H]2c3ccccc3C[C@@H]2O)cc1. The summed E-state index contributed by atoms with van der Waals surface area (Å²) in [5.41, 5.74) is 3.01. The number of morpholine rings is 1. The maximum atomic E-state index is 14.1. The Morgan fingerprint density at radius 3 is 2.25 bits per heavy atom. The van der Waals surface area contributed by atoms with Gasteiger partial charge >= 0.3 is 6.09 Å². The van der Waals surface area contributed by atoms with E-state index in [4.69, 9.17) is 14.2 Å². The molecule has 10 heteroatoms. The number of alkyl carbamates (subject to hydrolysis) is 1. The number of nitrogens with one attached hydrogen (secondary N) is 2. The summed E-state index contributed by atoms with van der Waals surface area (Å²) in [6.45, 7) is 12.5. The highest BCUT2D eigenvalue weighted by atomic mass is 16.6. The zero-order valence-electron chi connectivity index (χ0n) is 30.6. The second kappa shape index (κ2) is 17.5. The van der Waals surface area contributed by atoms with E-state index in [1.54, 1.807) is 20.8 Å². The lowest BCUT2D eigenvalue weighted by Crippen LogP contribution is -2.50. The number of carbonyl (C=O) groups excluding carboxylic acids is 2. The van der Waals surface area contributed by atoms with E-state index in [1.165, 1.54) is 0 Å². The van der Waals surface area contributed by atoms with Crippen molar-refractivity contribution in [3.63, 3.8) is 0 Å². The van der Waals surface area contributed by atoms with Crippen LogP contribution in [0.4, 0.5) is 4.79 Å². The van der Waals surface area contributed by atoms with Crippen molar-refractivity contribution < 1.29 is 34.0 Å². The van der Waals surface area contributed by atoms with E-state index < -0.39 is 41.9 Å². The molecule has 1 saturated heterocycles. The Bertz CT molecular complexity index is 1550. The van der Waals surface area contributed by atoms with Crippen molar-refractivity contribution >= 4 is 12.0 Å². The number of nitrogens with zero attached hydrogens (tertiary/aromatic N) is 1. The van der Waals surface area contributed by atoms with Crippen LogP contribution in [0.25, 0.3) is 0 Å². The van der Waals surface area contributed by atoms with Crippen LogP contribution in [-0.2, 0) is 33.5 Å². The molecule has 4 N–H and O–H groups in total. The van der Waals surface area contributed by atoms with Crippen LogP contribution in [0.1, 0.15) is 69.3 Å². The fourth-order valence-electron chi connectivity index (χ4n) is 7.12. The molecule has 0 aromatic heterocycles. The maximum absolute atomic E-state index is 14.1. The van der Waals surface area contributed by atoms with Crippen LogP contribution in [0, 0.1) is 5.92 Å². The third kappa shape index (κ3) is 11.0. The third-order valence-electron chi connectivity index (χ3n) is 9.74. The van der Waals surface area contributed by atoms with Crippen LogP contribution in [0.2, 0.25) is 0 Å². The summed E-state index contributed by atoms with van der Waals surface area (Å²) >= 11 is 0. The van der Waals surface area contributed by atoms with Crippen molar-refractivity contribution in [2.45, 2.75) is 102 Å². The van der Waals surface area contributed by atoms with Crippen LogP contribution >= 0.6 is 0 Å². The Labute approximate surface area is 302 Å². The standard InChI is InChI=1S/C41H55N3O7/c1-27-25-49-26-28(2)44(27)19-20-50-33-17-15-30(16-18-33)21-32(39(47)43-38-34-14-10-9-13-31(34)23-37(38)46)24-36(45)35(22-29-11-7-6-8-12-29)42-40(48)51-41(3,4)5/h6-18,27-28,32,35-38,45-46H,19-26H2,1-5H3,(H,42,48)(H,43,47)/t27?,28?,32?,35?,36?,37-,38-/m0/s1. The average molecular weight is 702 g/mol. The Morgan fingerprint density at radius 2 is 1.57 bits per heavy atom. The van der Waals surface area contributed by atoms with Crippen molar-refractivity contribution in [2.75, 3.05) is 26.4 Å². The van der Waals surface area contributed by atoms with Crippen molar-refractivity contribution in [3.8, 4) is 5.75 Å². The van der Waals surface area contributed by atoms with E-state index >= 15 is 0 Å². The number of hydrogen-bond acceptors (Lipinski definition) is 8. The Hall–Kier alpha value is -3.96. The van der Waals surface area contributed by atoms with Gasteiger partial charge in [0.15, 0.2) is 0 Å². The largest absolute Gasteiger partial charge is 0.492 e. The summed E-state index contributed by atoms with van der Waals surface area (Å²) in [5, 5.41) is 28.6. The van der Waals surface area contributed by atoms with Crippen molar-refractivity contribution in [1.29, 1.82) is 0 Å². The highest BCUT2D eigenvalue weighted by molar-refractivity contribution is 5.80. The first-order chi connectivity index (χ1) is 24.4. The molecular formula is C41H55N3O7. The van der Waals surface area contributed by atoms with Gasteiger partial charge in [0.05, 0.1) is 37.5 Å². The van der Waals surface area contributed by atoms with Crippen LogP contribution in [-0.4, -0.2) is 89.4 Å². The van der Waals surface area contributed by atoms with Gasteiger partial charge in [0.2, 0.25) is 5.91 Å². The van der Waals surface area contributed by atoms with Gasteiger partial charge in [-0.1, -0.05) is 66.7 Å². The summed E-state index contributed by atoms with van der Waals surface area (Å²) < 4.78 is 17.3. The minimum atomic E-state index is -1.08. The first-order valence-corrected chi connectivity index (χ1v) is 18.2. The smallest absolute Gasteiger partial charge is 0.407 e. The highest BCUT2D eigenvalue weighted by Gasteiger charge is 2.35. The van der Waals surface area contributed by atoms with Gasteiger partial charge in [0, 0.05) is 31.0 Å². The predicted octanol–water partition coefficient (Wildman–Crippen LogP) is 4.99. The molecule has 7 atom stereocenters. The zero-order valence-corrected chi connectivity index (χ0v) is 30.6. The van der Waals surface area contributed by atoms with Crippen molar-refractivity contribution in [3.05, 3.63) is 101 Å². The van der Waals surface area contributed by atoms with Gasteiger partial charge in [-0.05, 0) is 88.3 Å². The van der Waals surface area contributed by atoms with E-state index in [9.17, 15) is 19.8 Å². The average Bonchev–Trinajstić information content (AvgIpc) is 3.40. The quantitative estimate of drug-likeness (QED) is 0.185. The minimum Gasteiger partial charge on any atom is -0.492 e. The number of fused-ring (bicyclic) bond motifs is 1. The summed E-state index contributed by atoms with van der Waals surface area (Å²) in [7, 11) is 0. The number of carbonyl (C=O) groups is 2. The summed E-state index contributed by atoms with van der Waals surface area (Å²) in [4.78, 5) is 29.4. The minimum absolute atomic E-state index is 0.0672. The van der Waals surface area contributed by atoms with Gasteiger partial charge in [-0.25, -0.2) is 4.79 Å². The molecule has 5 rings (SSSR count). The summed E-state index contributed by atoms with van der Waals surface area (Å²) in [6, 6.07) is 24.4. The molecule has 1 aliphatic carbocycles. The van der Waals surface area contributed by atoms with Crippen molar-refractivity contribution in [2.24, 2.45) is 5.92 Å². The fourth-order valence-corrected chi connectivity index (χ4v) is 7.12. The molecule has 3 aromatic rings. The van der Waals surface area contributed by atoms with Gasteiger partial charge in [-0.2, -0.15) is 0 Å². The monoisotopic (exact) mass is 701 g/mol. The number of rotatable bonds is 14. The number of benzene rings is 3. The second-order valence-corrected chi connectivity index (χ2v) is 15.1. The van der Waals surface area contributed by atoms with Crippen molar-refractivity contribution in [1.82, 2.24) is 15.5 Å². The molecule has 3 aromatic carbocycles. The molecule has 5 unspecified atom stereocenters. The lowest BCUT2D eigenvalue weighted by Gasteiger charge is -2.38. The maximum Gasteiger partial charge on any atom is 0.407 e. The van der Waals surface area contributed by atoms with Gasteiger partial charge < -0.3 is 35.1 Å². The first-order valence-electron chi connectivity index (χ1n) is 18.2. The third-order valence-corrected chi connectivity index (χ3v) is 9.74. The highest BCUT2D eigenvalue weighted by Crippen LogP contribution is 2.32. The van der Waals surface area contributed by atoms with E-state index in [0.29, 0.717) is 38.0 Å². The molecule has 51 heavy (non-hydrogen) atoms. The van der Waals surface area contributed by atoms with Crippen LogP contribution in [0.5, 0.6) is 5.75 Å². The number of aliphatic hydroxyl groups is 2. The molecule has 1 fully saturated rings. The molecule has 10 nitrogen and oxygen atoms in total. The number of aliphatic hydroxyl groups excluding tert-OH is 2. The molecule has 0 saturated carbocycles. The second-order valence-electron chi connectivity index (χ2n) is 15.1. The molecule has 2 aliphatic rings. The Kier molecular flexibility index (Phi) is 13.1. The van der Waals surface area contributed by atoms with Crippen LogP contribution in [0.15, 0.2) is 78.9 Å². The molecule has 0 bridgehead atoms. The topological polar surface area (TPSA) is 130 Å². The lowest BCUT2D eigenvalue weighted by molar-refractivity contribution is -0.127. The molecular weight excluding hydrogens is 646 g/mol. The Balaban J connectivity index is 1.31. The van der Waals surface area contributed by atoms with Crippen LogP contribution in [0.3, 0.4) is 0 Å². The molecule has 276 valence electrons. The van der Waals surface area contributed by atoms with Gasteiger partial charge in [-0.3, -0.25) is 9.69 Å². The summed E-state index contributed by atoms with van der Waals surface area (Å²) in [5.74, 6) is -0.210. The van der Waals surface area contributed by atoms with E-state index in [2.05, 4.69) is 29.4 Å². The predicted molar refractivity (Wildman–Crippen MR) is 197 cm³/mol. The van der Waals surface area contributed by atoms with Gasteiger partial charge in [0.1, 0.15) is 18.0 Å². The number of hydrogen-bond donors (Lipinski definition) is 4. The normalized spacial score (nSPS) is 22.3. The van der Waals surface area contributed by atoms with E-state index in [0.717, 1.165) is 47.8 Å². The van der Waals surface area contributed by atoms with Crippen LogP contribution < -0.4 is 15.4 Å². The number of amides is 2. The molecule has 2 amide bonds. The first kappa shape index (κ1) is 38.3.